The average Bonchev–Trinajstić information content (AvgIpc) is 3.32. The van der Waals surface area contributed by atoms with E-state index in [4.69, 9.17) is 4.74 Å². The molecule has 0 N–H and O–H groups in total. The van der Waals surface area contributed by atoms with E-state index in [9.17, 15) is 4.79 Å². The molecule has 4 heterocycles. The van der Waals surface area contributed by atoms with Crippen molar-refractivity contribution in [1.29, 1.82) is 0 Å². The Labute approximate surface area is 162 Å². The third-order valence-corrected chi connectivity index (χ3v) is 4.40. The Morgan fingerprint density at radius 3 is 2.71 bits per heavy atom. The maximum atomic E-state index is 12.6. The molecular weight excluding hydrogens is 360 g/mol. The summed E-state index contributed by atoms with van der Waals surface area (Å²) < 4.78 is 7.35. The zero-order chi connectivity index (χ0) is 19.5. The van der Waals surface area contributed by atoms with Gasteiger partial charge in [-0.05, 0) is 12.0 Å². The SMILES string of the molecule is CC(C)COc1ccc(C(=O)N2CC(n3cc(Cn4nccn4)nn3)C2)cn1. The minimum atomic E-state index is -0.0414. The number of aromatic nitrogens is 7. The van der Waals surface area contributed by atoms with Gasteiger partial charge in [0.2, 0.25) is 5.88 Å². The maximum absolute atomic E-state index is 12.6. The number of nitrogens with zero attached hydrogens (tertiary/aromatic N) is 8. The van der Waals surface area contributed by atoms with Gasteiger partial charge in [0.15, 0.2) is 0 Å². The van der Waals surface area contributed by atoms with Crippen LogP contribution in [0, 0.1) is 5.92 Å². The number of carbonyl (C=O) groups excluding carboxylic acids is 1. The van der Waals surface area contributed by atoms with Crippen molar-refractivity contribution in [3.8, 4) is 5.88 Å². The van der Waals surface area contributed by atoms with Crippen LogP contribution >= 0.6 is 0 Å². The predicted octanol–water partition coefficient (Wildman–Crippen LogP) is 1.04. The summed E-state index contributed by atoms with van der Waals surface area (Å²) in [5.41, 5.74) is 1.33. The van der Waals surface area contributed by atoms with Crippen LogP contribution in [-0.2, 0) is 6.54 Å². The van der Waals surface area contributed by atoms with Gasteiger partial charge in [-0.3, -0.25) is 4.79 Å². The van der Waals surface area contributed by atoms with E-state index in [-0.39, 0.29) is 11.9 Å². The Morgan fingerprint density at radius 2 is 2.04 bits per heavy atom. The van der Waals surface area contributed by atoms with Gasteiger partial charge < -0.3 is 9.64 Å². The molecule has 0 spiro atoms. The molecule has 28 heavy (non-hydrogen) atoms. The number of hydrogen-bond acceptors (Lipinski definition) is 7. The third-order valence-electron chi connectivity index (χ3n) is 4.40. The van der Waals surface area contributed by atoms with Crippen molar-refractivity contribution in [1.82, 2.24) is 39.9 Å². The zero-order valence-corrected chi connectivity index (χ0v) is 15.8. The van der Waals surface area contributed by atoms with Crippen molar-refractivity contribution in [2.24, 2.45) is 5.92 Å². The maximum Gasteiger partial charge on any atom is 0.255 e. The first kappa shape index (κ1) is 18.1. The van der Waals surface area contributed by atoms with E-state index in [1.807, 2.05) is 6.20 Å². The molecule has 0 radical (unpaired) electrons. The summed E-state index contributed by atoms with van der Waals surface area (Å²) >= 11 is 0. The number of carbonyl (C=O) groups is 1. The van der Waals surface area contributed by atoms with Crippen LogP contribution in [0.15, 0.2) is 36.9 Å². The van der Waals surface area contributed by atoms with Crippen molar-refractivity contribution >= 4 is 5.91 Å². The number of amides is 1. The highest BCUT2D eigenvalue weighted by Gasteiger charge is 2.33. The highest BCUT2D eigenvalue weighted by molar-refractivity contribution is 5.94. The van der Waals surface area contributed by atoms with E-state index in [2.05, 4.69) is 39.3 Å². The number of hydrogen-bond donors (Lipinski definition) is 0. The molecule has 0 unspecified atom stereocenters. The number of pyridine rings is 1. The lowest BCUT2D eigenvalue weighted by atomic mass is 10.1. The molecule has 10 nitrogen and oxygen atoms in total. The van der Waals surface area contributed by atoms with E-state index in [1.165, 1.54) is 0 Å². The molecule has 1 amide bonds. The Kier molecular flexibility index (Phi) is 5.00. The van der Waals surface area contributed by atoms with E-state index in [1.54, 1.807) is 45.1 Å². The fourth-order valence-electron chi connectivity index (χ4n) is 2.85. The monoisotopic (exact) mass is 382 g/mol. The van der Waals surface area contributed by atoms with Gasteiger partial charge in [-0.1, -0.05) is 19.1 Å². The van der Waals surface area contributed by atoms with Crippen molar-refractivity contribution in [2.75, 3.05) is 19.7 Å². The van der Waals surface area contributed by atoms with Crippen LogP contribution in [0.2, 0.25) is 0 Å². The summed E-state index contributed by atoms with van der Waals surface area (Å²) in [5, 5.41) is 16.4. The minimum absolute atomic E-state index is 0.0414. The van der Waals surface area contributed by atoms with Crippen molar-refractivity contribution in [3.05, 3.63) is 48.2 Å². The van der Waals surface area contributed by atoms with Crippen molar-refractivity contribution in [3.63, 3.8) is 0 Å². The molecule has 1 aliphatic rings. The van der Waals surface area contributed by atoms with Crippen LogP contribution < -0.4 is 4.74 Å². The molecule has 1 saturated heterocycles. The fraction of sp³-hybridized carbons (Fsp3) is 0.444. The summed E-state index contributed by atoms with van der Waals surface area (Å²) in [5.74, 6) is 0.919. The average molecular weight is 382 g/mol. The van der Waals surface area contributed by atoms with Crippen LogP contribution in [0.5, 0.6) is 5.88 Å². The van der Waals surface area contributed by atoms with Gasteiger partial charge >= 0.3 is 0 Å². The molecular formula is C18H22N8O2. The normalized spacial score (nSPS) is 14.3. The van der Waals surface area contributed by atoms with E-state index < -0.39 is 0 Å². The summed E-state index contributed by atoms with van der Waals surface area (Å²) in [7, 11) is 0. The third kappa shape index (κ3) is 4.00. The first-order valence-electron chi connectivity index (χ1n) is 9.21. The lowest BCUT2D eigenvalue weighted by Crippen LogP contribution is -2.50. The molecule has 0 aliphatic carbocycles. The van der Waals surface area contributed by atoms with Gasteiger partial charge in [0.25, 0.3) is 5.91 Å². The molecule has 10 heteroatoms. The van der Waals surface area contributed by atoms with Gasteiger partial charge in [-0.15, -0.1) is 5.10 Å². The fourth-order valence-corrected chi connectivity index (χ4v) is 2.85. The Hall–Kier alpha value is -3.30. The molecule has 1 fully saturated rings. The second kappa shape index (κ2) is 7.75. The van der Waals surface area contributed by atoms with Gasteiger partial charge in [0.05, 0.1) is 36.8 Å². The topological polar surface area (TPSA) is 104 Å². The second-order valence-corrected chi connectivity index (χ2v) is 7.20. The Balaban J connectivity index is 1.30. The molecule has 0 bridgehead atoms. The van der Waals surface area contributed by atoms with Crippen LogP contribution in [0.3, 0.4) is 0 Å². The molecule has 0 atom stereocenters. The molecule has 4 rings (SSSR count). The number of ether oxygens (including phenoxy) is 1. The van der Waals surface area contributed by atoms with Crippen LogP contribution in [0.1, 0.15) is 35.9 Å². The van der Waals surface area contributed by atoms with Crippen LogP contribution in [-0.4, -0.2) is 65.5 Å². The van der Waals surface area contributed by atoms with Gasteiger partial charge in [-0.2, -0.15) is 15.0 Å². The standard InChI is InChI=1S/C18H22N8O2/c1-13(2)12-28-17-4-3-14(7-19-17)18(27)24-10-16(11-24)25-8-15(22-23-25)9-26-20-5-6-21-26/h3-8,13,16H,9-12H2,1-2H3. The summed E-state index contributed by atoms with van der Waals surface area (Å²) in [4.78, 5) is 20.1. The van der Waals surface area contributed by atoms with E-state index >= 15 is 0 Å². The number of likely N-dealkylation sites (tertiary alicyclic amines) is 1. The Morgan fingerprint density at radius 1 is 1.25 bits per heavy atom. The first-order valence-corrected chi connectivity index (χ1v) is 9.21. The van der Waals surface area contributed by atoms with Gasteiger partial charge in [0, 0.05) is 25.4 Å². The van der Waals surface area contributed by atoms with Crippen molar-refractivity contribution in [2.45, 2.75) is 26.4 Å². The first-order chi connectivity index (χ1) is 13.6. The second-order valence-electron chi connectivity index (χ2n) is 7.20. The van der Waals surface area contributed by atoms with E-state index in [0.29, 0.717) is 43.6 Å². The van der Waals surface area contributed by atoms with E-state index in [0.717, 1.165) is 5.69 Å². The largest absolute Gasteiger partial charge is 0.477 e. The lowest BCUT2D eigenvalue weighted by Gasteiger charge is -2.38. The molecule has 3 aromatic heterocycles. The summed E-state index contributed by atoms with van der Waals surface area (Å²) in [6, 6.07) is 3.61. The highest BCUT2D eigenvalue weighted by atomic mass is 16.5. The molecule has 3 aromatic rings. The molecule has 1 aliphatic heterocycles. The Bertz CT molecular complexity index is 913. The van der Waals surface area contributed by atoms with Gasteiger partial charge in [-0.25, -0.2) is 9.67 Å². The zero-order valence-electron chi connectivity index (χ0n) is 15.8. The van der Waals surface area contributed by atoms with Crippen LogP contribution in [0.25, 0.3) is 0 Å². The summed E-state index contributed by atoms with van der Waals surface area (Å²) in [6.07, 6.45) is 6.68. The predicted molar refractivity (Wildman–Crippen MR) is 98.7 cm³/mol. The minimum Gasteiger partial charge on any atom is -0.477 e. The molecule has 146 valence electrons. The summed E-state index contributed by atoms with van der Waals surface area (Å²) in [6.45, 7) is 6.40. The molecule has 0 saturated carbocycles. The van der Waals surface area contributed by atoms with Crippen molar-refractivity contribution < 1.29 is 9.53 Å². The van der Waals surface area contributed by atoms with Crippen LogP contribution in [0.4, 0.5) is 0 Å². The lowest BCUT2D eigenvalue weighted by molar-refractivity contribution is 0.0498. The smallest absolute Gasteiger partial charge is 0.255 e. The number of rotatable bonds is 7. The quantitative estimate of drug-likeness (QED) is 0.601. The van der Waals surface area contributed by atoms with Gasteiger partial charge in [0.1, 0.15) is 12.2 Å². The molecule has 0 aromatic carbocycles. The highest BCUT2D eigenvalue weighted by Crippen LogP contribution is 2.23.